The van der Waals surface area contributed by atoms with Gasteiger partial charge >= 0.3 is 0 Å². The van der Waals surface area contributed by atoms with Gasteiger partial charge in [0, 0.05) is 18.5 Å². The van der Waals surface area contributed by atoms with Crippen molar-refractivity contribution in [3.63, 3.8) is 0 Å². The van der Waals surface area contributed by atoms with Crippen molar-refractivity contribution in [1.82, 2.24) is 5.32 Å². The number of imide groups is 1. The predicted molar refractivity (Wildman–Crippen MR) is 144 cm³/mol. The van der Waals surface area contributed by atoms with Crippen molar-refractivity contribution in [3.8, 4) is 0 Å². The molecule has 0 spiro atoms. The third-order valence-corrected chi connectivity index (χ3v) is 7.56. The van der Waals surface area contributed by atoms with E-state index in [4.69, 9.17) is 0 Å². The highest BCUT2D eigenvalue weighted by Crippen LogP contribution is 2.29. The SMILES string of the molecule is CCCC(=O)N(c1ccc(CCCCC(CCC)CCC(C)CC)cc1C)C1CCC(=O)NC1=O. The van der Waals surface area contributed by atoms with Gasteiger partial charge < -0.3 is 0 Å². The fraction of sp³-hybridized carbons (Fsp3) is 0.700. The van der Waals surface area contributed by atoms with Crippen molar-refractivity contribution in [2.45, 2.75) is 124 Å². The zero-order valence-electron chi connectivity index (χ0n) is 22.8. The molecule has 0 aromatic heterocycles. The number of nitrogens with one attached hydrogen (secondary N) is 1. The number of hydrogen-bond acceptors (Lipinski definition) is 3. The van der Waals surface area contributed by atoms with E-state index in [0.717, 1.165) is 35.9 Å². The molecule has 196 valence electrons. The van der Waals surface area contributed by atoms with Gasteiger partial charge in [-0.15, -0.1) is 0 Å². The topological polar surface area (TPSA) is 66.5 Å². The van der Waals surface area contributed by atoms with Crippen LogP contribution in [0.15, 0.2) is 18.2 Å². The van der Waals surface area contributed by atoms with Crippen molar-refractivity contribution in [2.75, 3.05) is 4.90 Å². The van der Waals surface area contributed by atoms with Crippen LogP contribution in [0.3, 0.4) is 0 Å². The molecule has 3 atom stereocenters. The van der Waals surface area contributed by atoms with Crippen LogP contribution >= 0.6 is 0 Å². The molecule has 3 unspecified atom stereocenters. The number of carbonyl (C=O) groups is 3. The average Bonchev–Trinajstić information content (AvgIpc) is 2.82. The number of benzene rings is 1. The molecule has 1 heterocycles. The number of aryl methyl sites for hydroxylation is 2. The molecule has 5 heteroatoms. The molecule has 2 rings (SSSR count). The molecule has 0 aliphatic carbocycles. The summed E-state index contributed by atoms with van der Waals surface area (Å²) in [6, 6.07) is 5.64. The van der Waals surface area contributed by atoms with Crippen LogP contribution in [0.25, 0.3) is 0 Å². The summed E-state index contributed by atoms with van der Waals surface area (Å²) in [5.74, 6) is 0.994. The smallest absolute Gasteiger partial charge is 0.249 e. The quantitative estimate of drug-likeness (QED) is 0.218. The number of carbonyl (C=O) groups excluding carboxylic acids is 3. The highest BCUT2D eigenvalue weighted by molar-refractivity contribution is 6.07. The Morgan fingerprint density at radius 3 is 2.46 bits per heavy atom. The highest BCUT2D eigenvalue weighted by Gasteiger charge is 2.35. The summed E-state index contributed by atoms with van der Waals surface area (Å²) in [5, 5.41) is 2.41. The first-order valence-corrected chi connectivity index (χ1v) is 14.1. The van der Waals surface area contributed by atoms with Gasteiger partial charge in [-0.2, -0.15) is 0 Å². The molecular weight excluding hydrogens is 436 g/mol. The first-order chi connectivity index (χ1) is 16.8. The number of anilines is 1. The lowest BCUT2D eigenvalue weighted by Crippen LogP contribution is -2.54. The minimum atomic E-state index is -0.623. The summed E-state index contributed by atoms with van der Waals surface area (Å²) in [7, 11) is 0. The molecule has 0 radical (unpaired) electrons. The Bertz CT molecular complexity index is 835. The Hall–Kier alpha value is -2.17. The number of hydrogen-bond donors (Lipinski definition) is 1. The zero-order chi connectivity index (χ0) is 25.8. The number of nitrogens with zero attached hydrogens (tertiary/aromatic N) is 1. The molecule has 1 aromatic rings. The molecule has 0 bridgehead atoms. The molecule has 35 heavy (non-hydrogen) atoms. The number of rotatable bonds is 15. The van der Waals surface area contributed by atoms with Crippen molar-refractivity contribution in [3.05, 3.63) is 29.3 Å². The van der Waals surface area contributed by atoms with Gasteiger partial charge in [0.25, 0.3) is 0 Å². The van der Waals surface area contributed by atoms with Gasteiger partial charge in [0.05, 0.1) is 0 Å². The van der Waals surface area contributed by atoms with Gasteiger partial charge in [0.15, 0.2) is 0 Å². The first-order valence-electron chi connectivity index (χ1n) is 14.1. The second-order valence-corrected chi connectivity index (χ2v) is 10.6. The normalized spacial score (nSPS) is 17.7. The summed E-state index contributed by atoms with van der Waals surface area (Å²) < 4.78 is 0. The van der Waals surface area contributed by atoms with Crippen LogP contribution in [-0.2, 0) is 20.8 Å². The van der Waals surface area contributed by atoms with Crippen molar-refractivity contribution in [1.29, 1.82) is 0 Å². The van der Waals surface area contributed by atoms with Crippen molar-refractivity contribution < 1.29 is 14.4 Å². The van der Waals surface area contributed by atoms with Crippen LogP contribution < -0.4 is 10.2 Å². The Labute approximate surface area is 213 Å². The highest BCUT2D eigenvalue weighted by atomic mass is 16.2. The number of amides is 3. The van der Waals surface area contributed by atoms with Crippen LogP contribution in [0.1, 0.15) is 116 Å². The van der Waals surface area contributed by atoms with Crippen LogP contribution in [0.2, 0.25) is 0 Å². The largest absolute Gasteiger partial charge is 0.300 e. The van der Waals surface area contributed by atoms with Gasteiger partial charge in [-0.3, -0.25) is 24.6 Å². The lowest BCUT2D eigenvalue weighted by molar-refractivity contribution is -0.135. The molecular formula is C30H48N2O3. The van der Waals surface area contributed by atoms with E-state index in [-0.39, 0.29) is 24.1 Å². The minimum Gasteiger partial charge on any atom is -0.300 e. The van der Waals surface area contributed by atoms with Crippen molar-refractivity contribution in [2.24, 2.45) is 11.8 Å². The van der Waals surface area contributed by atoms with E-state index in [2.05, 4.69) is 38.2 Å². The van der Waals surface area contributed by atoms with E-state index < -0.39 is 6.04 Å². The summed E-state index contributed by atoms with van der Waals surface area (Å²) in [6.07, 6.45) is 13.1. The molecule has 1 aromatic carbocycles. The zero-order valence-corrected chi connectivity index (χ0v) is 22.8. The van der Waals surface area contributed by atoms with Gasteiger partial charge in [-0.1, -0.05) is 84.8 Å². The summed E-state index contributed by atoms with van der Waals surface area (Å²) >= 11 is 0. The van der Waals surface area contributed by atoms with E-state index in [1.807, 2.05) is 19.9 Å². The predicted octanol–water partition coefficient (Wildman–Crippen LogP) is 6.89. The van der Waals surface area contributed by atoms with E-state index in [0.29, 0.717) is 12.8 Å². The number of unbranched alkanes of at least 4 members (excludes halogenated alkanes) is 1. The Kier molecular flexibility index (Phi) is 12.5. The van der Waals surface area contributed by atoms with E-state index in [1.54, 1.807) is 4.90 Å². The summed E-state index contributed by atoms with van der Waals surface area (Å²) in [4.78, 5) is 38.8. The fourth-order valence-corrected chi connectivity index (χ4v) is 5.21. The second kappa shape index (κ2) is 15.1. The Morgan fingerprint density at radius 2 is 1.83 bits per heavy atom. The minimum absolute atomic E-state index is 0.0581. The van der Waals surface area contributed by atoms with Crippen LogP contribution in [0, 0.1) is 18.8 Å². The molecule has 3 amide bonds. The van der Waals surface area contributed by atoms with E-state index in [9.17, 15) is 14.4 Å². The van der Waals surface area contributed by atoms with Crippen LogP contribution in [0.5, 0.6) is 0 Å². The summed E-state index contributed by atoms with van der Waals surface area (Å²) in [5.41, 5.74) is 3.08. The lowest BCUT2D eigenvalue weighted by atomic mass is 9.88. The van der Waals surface area contributed by atoms with E-state index >= 15 is 0 Å². The maximum atomic E-state index is 13.0. The maximum absolute atomic E-state index is 13.0. The Morgan fingerprint density at radius 1 is 1.06 bits per heavy atom. The first kappa shape index (κ1) is 29.1. The molecule has 0 saturated carbocycles. The molecule has 5 nitrogen and oxygen atoms in total. The van der Waals surface area contributed by atoms with Gasteiger partial charge in [0.1, 0.15) is 6.04 Å². The molecule has 1 fully saturated rings. The third-order valence-electron chi connectivity index (χ3n) is 7.56. The maximum Gasteiger partial charge on any atom is 0.249 e. The molecule has 1 aliphatic rings. The molecule has 1 saturated heterocycles. The van der Waals surface area contributed by atoms with Gasteiger partial charge in [-0.05, 0) is 61.6 Å². The third kappa shape index (κ3) is 9.09. The Balaban J connectivity index is 2.00. The van der Waals surface area contributed by atoms with Crippen LogP contribution in [-0.4, -0.2) is 23.8 Å². The number of piperidine rings is 1. The van der Waals surface area contributed by atoms with Gasteiger partial charge in [0.2, 0.25) is 17.7 Å². The molecule has 1 aliphatic heterocycles. The lowest BCUT2D eigenvalue weighted by Gasteiger charge is -2.34. The van der Waals surface area contributed by atoms with Gasteiger partial charge in [-0.25, -0.2) is 0 Å². The summed E-state index contributed by atoms with van der Waals surface area (Å²) in [6.45, 7) is 10.9. The monoisotopic (exact) mass is 484 g/mol. The molecule has 1 N–H and O–H groups in total. The van der Waals surface area contributed by atoms with Crippen LogP contribution in [0.4, 0.5) is 5.69 Å². The van der Waals surface area contributed by atoms with Crippen molar-refractivity contribution >= 4 is 23.4 Å². The second-order valence-electron chi connectivity index (χ2n) is 10.6. The average molecular weight is 485 g/mol. The standard InChI is InChI=1S/C30H48N2O3/c1-6-11-24(16-15-22(4)8-3)13-9-10-14-25-17-18-26(23(5)21-25)32(29(34)12-7-2)27-19-20-28(33)31-30(27)35/h17-18,21-22,24,27H,6-16,19-20H2,1-5H3,(H,31,33,35). The van der Waals surface area contributed by atoms with E-state index in [1.165, 1.54) is 56.9 Å². The fourth-order valence-electron chi connectivity index (χ4n) is 5.21.